The first-order valence-corrected chi connectivity index (χ1v) is 13.1. The lowest BCUT2D eigenvalue weighted by atomic mass is 10.0. The van der Waals surface area contributed by atoms with E-state index in [1.807, 2.05) is 6.20 Å². The number of aryl methyl sites for hydroxylation is 1. The van der Waals surface area contributed by atoms with Crippen LogP contribution in [0.25, 0.3) is 26.7 Å². The molecule has 36 heavy (non-hydrogen) atoms. The minimum Gasteiger partial charge on any atom is -0.361 e. The summed E-state index contributed by atoms with van der Waals surface area (Å²) in [6.45, 7) is 5.21. The fourth-order valence-electron chi connectivity index (χ4n) is 4.99. The number of nitrogens with zero attached hydrogens (tertiary/aromatic N) is 3. The van der Waals surface area contributed by atoms with E-state index in [4.69, 9.17) is 0 Å². The number of thiophene rings is 1. The van der Waals surface area contributed by atoms with E-state index in [2.05, 4.69) is 93.9 Å². The van der Waals surface area contributed by atoms with Gasteiger partial charge < -0.3 is 10.3 Å². The van der Waals surface area contributed by atoms with E-state index in [9.17, 15) is 5.26 Å². The van der Waals surface area contributed by atoms with Crippen LogP contribution in [0.5, 0.6) is 0 Å². The molecule has 2 aromatic carbocycles. The molecule has 0 bridgehead atoms. The maximum atomic E-state index is 9.83. The smallest absolute Gasteiger partial charge is 0.125 e. The fraction of sp³-hybridized carbons (Fsp3) is 0.200. The topological polar surface area (TPSA) is 67.7 Å². The normalized spacial score (nSPS) is 14.2. The maximum Gasteiger partial charge on any atom is 0.125 e. The molecule has 0 atom stereocenters. The number of fused-ring (bicyclic) bond motifs is 2. The number of hydrogen-bond donors (Lipinski definition) is 2. The van der Waals surface area contributed by atoms with Crippen molar-refractivity contribution in [2.24, 2.45) is 0 Å². The molecular weight excluding hydrogens is 462 g/mol. The van der Waals surface area contributed by atoms with Gasteiger partial charge in [-0.25, -0.2) is 4.98 Å². The highest BCUT2D eigenvalue weighted by atomic mass is 32.1. The molecule has 5 aromatic rings. The predicted molar refractivity (Wildman–Crippen MR) is 150 cm³/mol. The van der Waals surface area contributed by atoms with Crippen molar-refractivity contribution in [1.82, 2.24) is 14.9 Å². The molecule has 0 aliphatic carbocycles. The molecule has 6 rings (SSSR count). The van der Waals surface area contributed by atoms with Gasteiger partial charge in [0.15, 0.2) is 0 Å². The average Bonchev–Trinajstić information content (AvgIpc) is 3.58. The molecular formula is C30H27N5S. The van der Waals surface area contributed by atoms with E-state index in [-0.39, 0.29) is 0 Å². The van der Waals surface area contributed by atoms with Crippen molar-refractivity contribution >= 4 is 49.4 Å². The molecule has 0 radical (unpaired) electrons. The second-order valence-electron chi connectivity index (χ2n) is 9.31. The molecule has 4 heterocycles. The number of aromatic nitrogens is 2. The van der Waals surface area contributed by atoms with Gasteiger partial charge in [0.1, 0.15) is 10.9 Å². The highest BCUT2D eigenvalue weighted by Gasteiger charge is 2.18. The second-order valence-corrected chi connectivity index (χ2v) is 10.3. The Kier molecular flexibility index (Phi) is 6.02. The van der Waals surface area contributed by atoms with E-state index in [0.717, 1.165) is 65.1 Å². The Balaban J connectivity index is 1.26. The third-order valence-corrected chi connectivity index (χ3v) is 8.23. The van der Waals surface area contributed by atoms with Crippen LogP contribution >= 0.6 is 11.3 Å². The Morgan fingerprint density at radius 2 is 2.03 bits per heavy atom. The van der Waals surface area contributed by atoms with Crippen LogP contribution in [0.4, 0.5) is 11.4 Å². The predicted octanol–water partition coefficient (Wildman–Crippen LogP) is 7.03. The number of rotatable bonds is 6. The Morgan fingerprint density at radius 3 is 2.83 bits per heavy atom. The highest BCUT2D eigenvalue weighted by Crippen LogP contribution is 2.39. The number of aromatic amines is 1. The van der Waals surface area contributed by atoms with Gasteiger partial charge in [-0.05, 0) is 60.7 Å². The van der Waals surface area contributed by atoms with Crippen LogP contribution in [-0.2, 0) is 6.42 Å². The lowest BCUT2D eigenvalue weighted by Gasteiger charge is -2.26. The summed E-state index contributed by atoms with van der Waals surface area (Å²) in [6.07, 6.45) is 8.12. The zero-order valence-corrected chi connectivity index (χ0v) is 21.0. The molecule has 5 nitrogen and oxygen atoms in total. The van der Waals surface area contributed by atoms with Gasteiger partial charge in [0, 0.05) is 58.9 Å². The number of hydrogen-bond acceptors (Lipinski definition) is 5. The number of anilines is 2. The Bertz CT molecular complexity index is 1620. The van der Waals surface area contributed by atoms with Gasteiger partial charge in [-0.1, -0.05) is 36.4 Å². The lowest BCUT2D eigenvalue weighted by molar-refractivity contribution is 0.306. The summed E-state index contributed by atoms with van der Waals surface area (Å²) in [5, 5.41) is 15.6. The van der Waals surface area contributed by atoms with Crippen molar-refractivity contribution in [2.45, 2.75) is 19.8 Å². The van der Waals surface area contributed by atoms with E-state index in [0.29, 0.717) is 5.56 Å². The van der Waals surface area contributed by atoms with Crippen LogP contribution in [0.15, 0.2) is 73.1 Å². The SMILES string of the molecule is Cc1c(Nc2c(C#N)cnc3sc(C4=CCN(CCc5ccccc5)CC4)cc23)ccc2[nH]ccc12. The van der Waals surface area contributed by atoms with Gasteiger partial charge >= 0.3 is 0 Å². The zero-order valence-electron chi connectivity index (χ0n) is 20.2. The molecule has 0 amide bonds. The number of benzene rings is 2. The number of nitriles is 1. The van der Waals surface area contributed by atoms with E-state index >= 15 is 0 Å². The Labute approximate surface area is 214 Å². The fourth-order valence-corrected chi connectivity index (χ4v) is 6.07. The van der Waals surface area contributed by atoms with E-state index < -0.39 is 0 Å². The number of H-pyrrole nitrogens is 1. The quantitative estimate of drug-likeness (QED) is 0.269. The molecule has 0 saturated carbocycles. The van der Waals surface area contributed by atoms with Gasteiger partial charge in [0.05, 0.1) is 11.3 Å². The summed E-state index contributed by atoms with van der Waals surface area (Å²) < 4.78 is 0. The largest absolute Gasteiger partial charge is 0.361 e. The first-order chi connectivity index (χ1) is 17.7. The zero-order chi connectivity index (χ0) is 24.5. The van der Waals surface area contributed by atoms with Gasteiger partial charge in [-0.3, -0.25) is 4.90 Å². The van der Waals surface area contributed by atoms with Gasteiger partial charge in [0.2, 0.25) is 0 Å². The van der Waals surface area contributed by atoms with Crippen molar-refractivity contribution in [2.75, 3.05) is 25.0 Å². The number of pyridine rings is 1. The van der Waals surface area contributed by atoms with Crippen molar-refractivity contribution in [3.63, 3.8) is 0 Å². The standard InChI is InChI=1S/C30H27N5S/c1-20-24-9-13-32-27(24)8-7-26(20)34-29-23(18-31)19-33-30-25(29)17-28(36-30)22-11-15-35(16-12-22)14-10-21-5-3-2-4-6-21/h2-9,11,13,17,19,32H,10,12,14-16H2,1H3,(H,33,34). The molecule has 0 unspecified atom stereocenters. The van der Waals surface area contributed by atoms with Crippen molar-refractivity contribution in [3.05, 3.63) is 94.6 Å². The van der Waals surface area contributed by atoms with Crippen LogP contribution in [-0.4, -0.2) is 34.5 Å². The summed E-state index contributed by atoms with van der Waals surface area (Å²) in [5.41, 5.74) is 7.44. The molecule has 2 N–H and O–H groups in total. The summed E-state index contributed by atoms with van der Waals surface area (Å²) in [7, 11) is 0. The first-order valence-electron chi connectivity index (χ1n) is 12.3. The summed E-state index contributed by atoms with van der Waals surface area (Å²) in [4.78, 5) is 12.6. The third-order valence-electron chi connectivity index (χ3n) is 7.12. The van der Waals surface area contributed by atoms with E-state index in [1.165, 1.54) is 21.4 Å². The average molecular weight is 490 g/mol. The molecule has 0 spiro atoms. The van der Waals surface area contributed by atoms with Gasteiger partial charge in [-0.15, -0.1) is 11.3 Å². The Morgan fingerprint density at radius 1 is 1.14 bits per heavy atom. The molecule has 1 aliphatic rings. The third kappa shape index (κ3) is 4.28. The molecule has 0 saturated heterocycles. The summed E-state index contributed by atoms with van der Waals surface area (Å²) in [5.74, 6) is 0. The molecule has 178 valence electrons. The molecule has 0 fully saturated rings. The first kappa shape index (κ1) is 22.5. The van der Waals surface area contributed by atoms with Crippen molar-refractivity contribution in [3.8, 4) is 6.07 Å². The summed E-state index contributed by atoms with van der Waals surface area (Å²) >= 11 is 1.71. The van der Waals surface area contributed by atoms with Gasteiger partial charge in [0.25, 0.3) is 0 Å². The van der Waals surface area contributed by atoms with Crippen molar-refractivity contribution < 1.29 is 0 Å². The minimum atomic E-state index is 0.560. The second kappa shape index (κ2) is 9.62. The van der Waals surface area contributed by atoms with Crippen LogP contribution < -0.4 is 5.32 Å². The van der Waals surface area contributed by atoms with E-state index in [1.54, 1.807) is 17.5 Å². The molecule has 6 heteroatoms. The van der Waals surface area contributed by atoms with Crippen LogP contribution in [0, 0.1) is 18.3 Å². The molecule has 1 aliphatic heterocycles. The monoisotopic (exact) mass is 489 g/mol. The number of nitrogens with one attached hydrogen (secondary N) is 2. The minimum absolute atomic E-state index is 0.560. The van der Waals surface area contributed by atoms with Gasteiger partial charge in [-0.2, -0.15) is 5.26 Å². The highest BCUT2D eigenvalue weighted by molar-refractivity contribution is 7.19. The van der Waals surface area contributed by atoms with Crippen LogP contribution in [0.1, 0.15) is 28.0 Å². The van der Waals surface area contributed by atoms with Crippen LogP contribution in [0.2, 0.25) is 0 Å². The molecule has 3 aromatic heterocycles. The van der Waals surface area contributed by atoms with Crippen molar-refractivity contribution in [1.29, 1.82) is 5.26 Å². The van der Waals surface area contributed by atoms with Crippen LogP contribution in [0.3, 0.4) is 0 Å². The lowest BCUT2D eigenvalue weighted by Crippen LogP contribution is -2.30. The maximum absolute atomic E-state index is 9.83. The summed E-state index contributed by atoms with van der Waals surface area (Å²) in [6, 6.07) is 21.5. The Hall–Kier alpha value is -3.92.